The lowest BCUT2D eigenvalue weighted by molar-refractivity contribution is -0.384. The van der Waals surface area contributed by atoms with E-state index in [1.54, 1.807) is 0 Å². The van der Waals surface area contributed by atoms with Gasteiger partial charge in [-0.15, -0.1) is 5.23 Å². The molecule has 1 aromatic carbocycles. The number of aliphatic hydroxyl groups excluding tert-OH is 3. The fourth-order valence-corrected chi connectivity index (χ4v) is 1.56. The highest BCUT2D eigenvalue weighted by Crippen LogP contribution is 2.30. The fourth-order valence-electron chi connectivity index (χ4n) is 1.56. The molecule has 0 saturated carbocycles. The molecule has 0 bridgehead atoms. The molecule has 0 heterocycles. The zero-order valence-corrected chi connectivity index (χ0v) is 11.8. The Bertz CT molecular complexity index is 464. The van der Waals surface area contributed by atoms with E-state index in [4.69, 9.17) is 25.0 Å². The van der Waals surface area contributed by atoms with Crippen LogP contribution < -0.4 is 10.5 Å². The summed E-state index contributed by atoms with van der Waals surface area (Å²) in [6, 6.07) is 4.16. The van der Waals surface area contributed by atoms with Crippen LogP contribution in [0, 0.1) is 10.1 Å². The molecule has 0 fully saturated rings. The monoisotopic (exact) mass is 317 g/mol. The van der Waals surface area contributed by atoms with Gasteiger partial charge in [0.05, 0.1) is 24.7 Å². The highest BCUT2D eigenvalue weighted by molar-refractivity contribution is 5.67. The van der Waals surface area contributed by atoms with Gasteiger partial charge in [0.15, 0.2) is 0 Å². The molecule has 4 N–H and O–H groups in total. The molecule has 0 atom stereocenters. The molecule has 0 saturated heterocycles. The Morgan fingerprint density at radius 1 is 1.14 bits per heavy atom. The van der Waals surface area contributed by atoms with Crippen molar-refractivity contribution in [2.75, 3.05) is 50.1 Å². The van der Waals surface area contributed by atoms with E-state index >= 15 is 0 Å². The van der Waals surface area contributed by atoms with Crippen LogP contribution in [-0.2, 0) is 9.68 Å². The van der Waals surface area contributed by atoms with Crippen LogP contribution in [0.1, 0.15) is 0 Å². The first-order chi connectivity index (χ1) is 10.6. The number of nitro benzene ring substituents is 1. The SMILES string of the molecule is O=[N+]([O-])c1cc(N(OCCO)OCCO)ccc1NCCO. The van der Waals surface area contributed by atoms with Crippen molar-refractivity contribution in [3.63, 3.8) is 0 Å². The number of nitro groups is 1. The molecule has 124 valence electrons. The number of hydrogen-bond donors (Lipinski definition) is 4. The lowest BCUT2D eigenvalue weighted by atomic mass is 10.2. The summed E-state index contributed by atoms with van der Waals surface area (Å²) >= 11 is 0. The maximum Gasteiger partial charge on any atom is 0.294 e. The lowest BCUT2D eigenvalue weighted by Gasteiger charge is -2.22. The number of anilines is 2. The Morgan fingerprint density at radius 3 is 2.27 bits per heavy atom. The minimum absolute atomic E-state index is 0.0796. The first kappa shape index (κ1) is 18.1. The number of hydrogen-bond acceptors (Lipinski definition) is 9. The molecule has 10 nitrogen and oxygen atoms in total. The first-order valence-electron chi connectivity index (χ1n) is 6.55. The quantitative estimate of drug-likeness (QED) is 0.319. The molecule has 1 aromatic rings. The van der Waals surface area contributed by atoms with Crippen molar-refractivity contribution in [3.05, 3.63) is 28.3 Å². The Balaban J connectivity index is 2.99. The van der Waals surface area contributed by atoms with Gasteiger partial charge < -0.3 is 20.6 Å². The van der Waals surface area contributed by atoms with Crippen molar-refractivity contribution < 1.29 is 29.9 Å². The summed E-state index contributed by atoms with van der Waals surface area (Å²) in [6.45, 7) is -0.682. The van der Waals surface area contributed by atoms with E-state index in [1.807, 2.05) is 0 Å². The predicted molar refractivity (Wildman–Crippen MR) is 77.2 cm³/mol. The average Bonchev–Trinajstić information content (AvgIpc) is 2.53. The molecular weight excluding hydrogens is 298 g/mol. The topological polar surface area (TPSA) is 138 Å². The third kappa shape index (κ3) is 5.42. The smallest absolute Gasteiger partial charge is 0.294 e. The van der Waals surface area contributed by atoms with Crippen molar-refractivity contribution >= 4 is 17.1 Å². The molecule has 22 heavy (non-hydrogen) atoms. The maximum atomic E-state index is 11.1. The van der Waals surface area contributed by atoms with Crippen LogP contribution in [0.4, 0.5) is 17.1 Å². The molecule has 0 aliphatic heterocycles. The number of aliphatic hydroxyl groups is 3. The number of benzene rings is 1. The van der Waals surface area contributed by atoms with E-state index in [9.17, 15) is 10.1 Å². The van der Waals surface area contributed by atoms with Crippen molar-refractivity contribution in [1.82, 2.24) is 0 Å². The number of nitrogens with one attached hydrogen (secondary N) is 1. The Hall–Kier alpha value is -1.98. The van der Waals surface area contributed by atoms with Gasteiger partial charge in [-0.3, -0.25) is 10.1 Å². The van der Waals surface area contributed by atoms with Gasteiger partial charge in [0.2, 0.25) is 0 Å². The van der Waals surface area contributed by atoms with Crippen molar-refractivity contribution in [1.29, 1.82) is 0 Å². The summed E-state index contributed by atoms with van der Waals surface area (Å²) in [5.74, 6) is 0. The number of rotatable bonds is 11. The zero-order chi connectivity index (χ0) is 16.4. The largest absolute Gasteiger partial charge is 0.395 e. The highest BCUT2D eigenvalue weighted by atomic mass is 16.9. The van der Waals surface area contributed by atoms with Crippen LogP contribution >= 0.6 is 0 Å². The molecule has 0 unspecified atom stereocenters. The summed E-state index contributed by atoms with van der Waals surface area (Å²) in [7, 11) is 0. The van der Waals surface area contributed by atoms with E-state index in [0.29, 0.717) is 0 Å². The van der Waals surface area contributed by atoms with Crippen molar-refractivity contribution in [3.8, 4) is 0 Å². The summed E-state index contributed by atoms with van der Waals surface area (Å²) in [4.78, 5) is 20.7. The summed E-state index contributed by atoms with van der Waals surface area (Å²) in [6.07, 6.45) is 0. The normalized spacial score (nSPS) is 10.5. The average molecular weight is 317 g/mol. The molecule has 0 aliphatic rings. The van der Waals surface area contributed by atoms with Gasteiger partial charge in [-0.25, -0.2) is 9.68 Å². The van der Waals surface area contributed by atoms with Crippen molar-refractivity contribution in [2.24, 2.45) is 0 Å². The first-order valence-corrected chi connectivity index (χ1v) is 6.55. The van der Waals surface area contributed by atoms with Gasteiger partial charge in [-0.05, 0) is 12.1 Å². The minimum atomic E-state index is -0.584. The van der Waals surface area contributed by atoms with Gasteiger partial charge >= 0.3 is 0 Å². The second-order valence-corrected chi connectivity index (χ2v) is 3.98. The van der Waals surface area contributed by atoms with Crippen LogP contribution in [0.25, 0.3) is 0 Å². The van der Waals surface area contributed by atoms with E-state index in [0.717, 1.165) is 5.23 Å². The van der Waals surface area contributed by atoms with E-state index in [1.165, 1.54) is 18.2 Å². The van der Waals surface area contributed by atoms with Crippen LogP contribution in [0.2, 0.25) is 0 Å². The highest BCUT2D eigenvalue weighted by Gasteiger charge is 2.18. The molecular formula is C12H19N3O7. The van der Waals surface area contributed by atoms with Crippen LogP contribution in [0.15, 0.2) is 18.2 Å². The molecule has 0 amide bonds. The van der Waals surface area contributed by atoms with Gasteiger partial charge in [-0.1, -0.05) is 0 Å². The predicted octanol–water partition coefficient (Wildman–Crippen LogP) is -0.347. The summed E-state index contributed by atoms with van der Waals surface area (Å²) in [5, 5.41) is 41.0. The zero-order valence-electron chi connectivity index (χ0n) is 11.8. The van der Waals surface area contributed by atoms with Gasteiger partial charge in [0, 0.05) is 12.6 Å². The van der Waals surface area contributed by atoms with Gasteiger partial charge in [0.1, 0.15) is 24.6 Å². The molecule has 0 spiro atoms. The Kier molecular flexibility index (Phi) is 8.10. The fraction of sp³-hybridized carbons (Fsp3) is 0.500. The van der Waals surface area contributed by atoms with Crippen LogP contribution in [0.3, 0.4) is 0 Å². The second-order valence-electron chi connectivity index (χ2n) is 3.98. The van der Waals surface area contributed by atoms with E-state index in [-0.39, 0.29) is 56.6 Å². The maximum absolute atomic E-state index is 11.1. The summed E-state index contributed by atoms with van der Waals surface area (Å²) < 4.78 is 0. The number of nitrogens with zero attached hydrogens (tertiary/aromatic N) is 2. The van der Waals surface area contributed by atoms with Gasteiger partial charge in [-0.2, -0.15) is 0 Å². The lowest BCUT2D eigenvalue weighted by Crippen LogP contribution is -2.27. The third-order valence-corrected chi connectivity index (χ3v) is 2.42. The Morgan fingerprint density at radius 2 is 1.77 bits per heavy atom. The Labute approximate surface area is 126 Å². The molecule has 0 radical (unpaired) electrons. The van der Waals surface area contributed by atoms with E-state index < -0.39 is 4.92 Å². The standard InChI is InChI=1S/C12H19N3O7/c16-4-3-13-11-2-1-10(9-12(11)14(19)20)15(21-7-5-17)22-8-6-18/h1-2,9,13,16-18H,3-8H2. The summed E-state index contributed by atoms with van der Waals surface area (Å²) in [5.41, 5.74) is 0.242. The molecule has 0 aromatic heterocycles. The second kappa shape index (κ2) is 9.87. The van der Waals surface area contributed by atoms with Crippen LogP contribution in [0.5, 0.6) is 0 Å². The van der Waals surface area contributed by atoms with Crippen molar-refractivity contribution in [2.45, 2.75) is 0 Å². The van der Waals surface area contributed by atoms with E-state index in [2.05, 4.69) is 5.32 Å². The molecule has 10 heteroatoms. The molecule has 0 aliphatic carbocycles. The third-order valence-electron chi connectivity index (χ3n) is 2.42. The van der Waals surface area contributed by atoms with Gasteiger partial charge in [0.25, 0.3) is 5.69 Å². The minimum Gasteiger partial charge on any atom is -0.395 e. The molecule has 1 rings (SSSR count). The van der Waals surface area contributed by atoms with Crippen LogP contribution in [-0.4, -0.2) is 59.8 Å².